The molecule has 1 heterocycles. The maximum atomic E-state index is 12.7. The molecule has 0 aliphatic carbocycles. The SMILES string of the molecule is CCC1(C(=O)N[C@H](C)c2ccccc2OC)CCCNC1. The van der Waals surface area contributed by atoms with Crippen molar-refractivity contribution in [2.24, 2.45) is 5.41 Å². The number of hydrogen-bond donors (Lipinski definition) is 2. The Kier molecular flexibility index (Phi) is 5.23. The largest absolute Gasteiger partial charge is 0.496 e. The van der Waals surface area contributed by atoms with Crippen molar-refractivity contribution in [1.29, 1.82) is 0 Å². The molecule has 4 heteroatoms. The highest BCUT2D eigenvalue weighted by molar-refractivity contribution is 5.83. The third-order valence-corrected chi connectivity index (χ3v) is 4.58. The molecule has 1 aromatic carbocycles. The lowest BCUT2D eigenvalue weighted by molar-refractivity contribution is -0.133. The maximum Gasteiger partial charge on any atom is 0.227 e. The van der Waals surface area contributed by atoms with Gasteiger partial charge in [-0.05, 0) is 38.8 Å². The molecule has 1 amide bonds. The minimum atomic E-state index is -0.269. The Bertz CT molecular complexity index is 481. The van der Waals surface area contributed by atoms with Gasteiger partial charge in [0, 0.05) is 12.1 Å². The molecule has 0 saturated carbocycles. The van der Waals surface area contributed by atoms with Gasteiger partial charge in [-0.25, -0.2) is 0 Å². The topological polar surface area (TPSA) is 50.4 Å². The molecule has 0 bridgehead atoms. The van der Waals surface area contributed by atoms with Crippen LogP contribution in [0, 0.1) is 5.41 Å². The van der Waals surface area contributed by atoms with Crippen LogP contribution in [0.15, 0.2) is 24.3 Å². The van der Waals surface area contributed by atoms with E-state index in [4.69, 9.17) is 4.74 Å². The van der Waals surface area contributed by atoms with E-state index in [1.54, 1.807) is 7.11 Å². The molecule has 0 spiro atoms. The van der Waals surface area contributed by atoms with Crippen LogP contribution < -0.4 is 15.4 Å². The zero-order valence-electron chi connectivity index (χ0n) is 13.2. The fraction of sp³-hybridized carbons (Fsp3) is 0.588. The summed E-state index contributed by atoms with van der Waals surface area (Å²) in [6, 6.07) is 7.78. The molecule has 21 heavy (non-hydrogen) atoms. The van der Waals surface area contributed by atoms with Gasteiger partial charge in [-0.3, -0.25) is 4.79 Å². The fourth-order valence-corrected chi connectivity index (χ4v) is 3.08. The molecule has 4 nitrogen and oxygen atoms in total. The highest BCUT2D eigenvalue weighted by Gasteiger charge is 2.38. The highest BCUT2D eigenvalue weighted by Crippen LogP contribution is 2.32. The molecule has 2 atom stereocenters. The van der Waals surface area contributed by atoms with Crippen LogP contribution in [0.25, 0.3) is 0 Å². The van der Waals surface area contributed by atoms with Gasteiger partial charge in [-0.2, -0.15) is 0 Å². The zero-order valence-corrected chi connectivity index (χ0v) is 13.2. The first-order valence-electron chi connectivity index (χ1n) is 7.77. The number of para-hydroxylation sites is 1. The number of ether oxygens (including phenoxy) is 1. The Morgan fingerprint density at radius 3 is 2.86 bits per heavy atom. The normalized spacial score (nSPS) is 23.4. The summed E-state index contributed by atoms with van der Waals surface area (Å²) in [6.07, 6.45) is 2.88. The van der Waals surface area contributed by atoms with Crippen LogP contribution in [0.1, 0.15) is 44.7 Å². The second-order valence-corrected chi connectivity index (χ2v) is 5.85. The van der Waals surface area contributed by atoms with Gasteiger partial charge < -0.3 is 15.4 Å². The van der Waals surface area contributed by atoms with E-state index < -0.39 is 0 Å². The number of methoxy groups -OCH3 is 1. The number of amides is 1. The van der Waals surface area contributed by atoms with Crippen LogP contribution in [0.5, 0.6) is 5.75 Å². The third kappa shape index (κ3) is 3.38. The number of piperidine rings is 1. The van der Waals surface area contributed by atoms with Crippen molar-refractivity contribution < 1.29 is 9.53 Å². The van der Waals surface area contributed by atoms with Crippen molar-refractivity contribution in [1.82, 2.24) is 10.6 Å². The van der Waals surface area contributed by atoms with Crippen LogP contribution >= 0.6 is 0 Å². The molecule has 1 fully saturated rings. The van der Waals surface area contributed by atoms with Crippen LogP contribution in [-0.4, -0.2) is 26.1 Å². The van der Waals surface area contributed by atoms with Gasteiger partial charge >= 0.3 is 0 Å². The molecule has 1 unspecified atom stereocenters. The smallest absolute Gasteiger partial charge is 0.227 e. The van der Waals surface area contributed by atoms with Crippen molar-refractivity contribution in [3.8, 4) is 5.75 Å². The van der Waals surface area contributed by atoms with Gasteiger partial charge in [-0.15, -0.1) is 0 Å². The summed E-state index contributed by atoms with van der Waals surface area (Å²) in [7, 11) is 1.66. The molecule has 2 rings (SSSR count). The fourth-order valence-electron chi connectivity index (χ4n) is 3.08. The first-order valence-corrected chi connectivity index (χ1v) is 7.77. The first-order chi connectivity index (χ1) is 10.1. The van der Waals surface area contributed by atoms with Crippen LogP contribution in [-0.2, 0) is 4.79 Å². The van der Waals surface area contributed by atoms with E-state index in [0.717, 1.165) is 43.7 Å². The summed E-state index contributed by atoms with van der Waals surface area (Å²) in [4.78, 5) is 12.7. The lowest BCUT2D eigenvalue weighted by atomic mass is 9.77. The lowest BCUT2D eigenvalue weighted by Gasteiger charge is -2.36. The second kappa shape index (κ2) is 6.94. The van der Waals surface area contributed by atoms with Gasteiger partial charge in [0.25, 0.3) is 0 Å². The van der Waals surface area contributed by atoms with Crippen LogP contribution in [0.3, 0.4) is 0 Å². The highest BCUT2D eigenvalue weighted by atomic mass is 16.5. The summed E-state index contributed by atoms with van der Waals surface area (Å²) in [5.74, 6) is 0.966. The summed E-state index contributed by atoms with van der Waals surface area (Å²) < 4.78 is 5.38. The Hall–Kier alpha value is -1.55. The molecule has 1 aliphatic rings. The van der Waals surface area contributed by atoms with Crippen molar-refractivity contribution in [3.63, 3.8) is 0 Å². The average molecular weight is 290 g/mol. The lowest BCUT2D eigenvalue weighted by Crippen LogP contribution is -2.50. The summed E-state index contributed by atoms with van der Waals surface area (Å²) in [5, 5.41) is 6.53. The van der Waals surface area contributed by atoms with Gasteiger partial charge in [0.05, 0.1) is 18.6 Å². The molecular formula is C17H26N2O2. The quantitative estimate of drug-likeness (QED) is 0.876. The van der Waals surface area contributed by atoms with E-state index in [9.17, 15) is 4.79 Å². The van der Waals surface area contributed by atoms with Gasteiger partial charge in [0.1, 0.15) is 5.75 Å². The van der Waals surface area contributed by atoms with Gasteiger partial charge in [0.15, 0.2) is 0 Å². The van der Waals surface area contributed by atoms with Crippen LogP contribution in [0.2, 0.25) is 0 Å². The summed E-state index contributed by atoms with van der Waals surface area (Å²) >= 11 is 0. The Labute approximate surface area is 127 Å². The van der Waals surface area contributed by atoms with E-state index >= 15 is 0 Å². The first kappa shape index (κ1) is 15.8. The molecule has 1 aromatic rings. The number of carbonyl (C=O) groups is 1. The molecular weight excluding hydrogens is 264 g/mol. The molecule has 0 radical (unpaired) electrons. The summed E-state index contributed by atoms with van der Waals surface area (Å²) in [6.45, 7) is 5.89. The van der Waals surface area contributed by atoms with E-state index in [1.807, 2.05) is 31.2 Å². The number of hydrogen-bond acceptors (Lipinski definition) is 3. The number of rotatable bonds is 5. The minimum Gasteiger partial charge on any atom is -0.496 e. The molecule has 0 aromatic heterocycles. The zero-order chi connectivity index (χ0) is 15.3. The van der Waals surface area contributed by atoms with E-state index in [0.29, 0.717) is 0 Å². The van der Waals surface area contributed by atoms with E-state index in [2.05, 4.69) is 17.6 Å². The van der Waals surface area contributed by atoms with Crippen molar-refractivity contribution in [3.05, 3.63) is 29.8 Å². The molecule has 1 aliphatic heterocycles. The number of benzene rings is 1. The van der Waals surface area contributed by atoms with Gasteiger partial charge in [-0.1, -0.05) is 25.1 Å². The van der Waals surface area contributed by atoms with Crippen molar-refractivity contribution in [2.45, 2.75) is 39.2 Å². The molecule has 116 valence electrons. The Morgan fingerprint density at radius 2 is 2.24 bits per heavy atom. The predicted octanol–water partition coefficient (Wildman–Crippen LogP) is 2.65. The number of carbonyl (C=O) groups excluding carboxylic acids is 1. The summed E-state index contributed by atoms with van der Waals surface area (Å²) in [5.41, 5.74) is 0.748. The van der Waals surface area contributed by atoms with E-state index in [-0.39, 0.29) is 17.4 Å². The van der Waals surface area contributed by atoms with Crippen LogP contribution in [0.4, 0.5) is 0 Å². The van der Waals surface area contributed by atoms with Gasteiger partial charge in [0.2, 0.25) is 5.91 Å². The van der Waals surface area contributed by atoms with Crippen molar-refractivity contribution in [2.75, 3.05) is 20.2 Å². The maximum absolute atomic E-state index is 12.7. The minimum absolute atomic E-state index is 0.0565. The molecule has 1 saturated heterocycles. The Morgan fingerprint density at radius 1 is 1.48 bits per heavy atom. The second-order valence-electron chi connectivity index (χ2n) is 5.85. The number of nitrogens with one attached hydrogen (secondary N) is 2. The molecule has 2 N–H and O–H groups in total. The van der Waals surface area contributed by atoms with E-state index in [1.165, 1.54) is 0 Å². The predicted molar refractivity (Wildman–Crippen MR) is 84.4 cm³/mol. The van der Waals surface area contributed by atoms with Crippen molar-refractivity contribution >= 4 is 5.91 Å². The average Bonchev–Trinajstić information content (AvgIpc) is 2.55. The standard InChI is InChI=1S/C17H26N2O2/c1-4-17(10-7-11-18-12-17)16(20)19-13(2)14-8-5-6-9-15(14)21-3/h5-6,8-9,13,18H,4,7,10-12H2,1-3H3,(H,19,20)/t13-,17?/m1/s1. The monoisotopic (exact) mass is 290 g/mol. The Balaban J connectivity index is 2.11. The third-order valence-electron chi connectivity index (χ3n) is 4.58.